The van der Waals surface area contributed by atoms with Gasteiger partial charge in [-0.2, -0.15) is 5.21 Å². The summed E-state index contributed by atoms with van der Waals surface area (Å²) in [5.41, 5.74) is 2.47. The van der Waals surface area contributed by atoms with Gasteiger partial charge in [-0.1, -0.05) is 5.21 Å². The fourth-order valence-electron chi connectivity index (χ4n) is 1.08. The first-order chi connectivity index (χ1) is 8.36. The van der Waals surface area contributed by atoms with Gasteiger partial charge in [0, 0.05) is 19.8 Å². The number of aromatic amines is 1. The Kier molecular flexibility index (Phi) is 6.60. The van der Waals surface area contributed by atoms with Gasteiger partial charge in [-0.25, -0.2) is 10.8 Å². The molecule has 0 unspecified atom stereocenters. The number of hydrazine groups is 1. The maximum Gasteiger partial charge on any atom is 0.206 e. The first-order valence-electron chi connectivity index (χ1n) is 5.41. The number of nitrogens with zero attached hydrogens (tertiary/aromatic N) is 4. The van der Waals surface area contributed by atoms with Crippen LogP contribution in [-0.4, -0.2) is 46.3 Å². The maximum absolute atomic E-state index is 5.31. The second-order valence-corrected chi connectivity index (χ2v) is 3.11. The number of ether oxygens (including phenoxy) is 1. The lowest BCUT2D eigenvalue weighted by atomic mass is 10.4. The molecule has 1 rings (SSSR count). The summed E-state index contributed by atoms with van der Waals surface area (Å²) in [5, 5.41) is 16.4. The van der Waals surface area contributed by atoms with E-state index in [9.17, 15) is 0 Å². The summed E-state index contributed by atoms with van der Waals surface area (Å²) in [6.45, 7) is 4.45. The molecule has 0 amide bonds. The van der Waals surface area contributed by atoms with Crippen molar-refractivity contribution < 1.29 is 4.74 Å². The first-order valence-corrected chi connectivity index (χ1v) is 5.41. The molecule has 0 aromatic carbocycles. The molecule has 1 aromatic rings. The summed E-state index contributed by atoms with van der Waals surface area (Å²) in [6.07, 6.45) is 0.886. The van der Waals surface area contributed by atoms with E-state index < -0.39 is 0 Å². The highest BCUT2D eigenvalue weighted by Gasteiger charge is 1.98. The van der Waals surface area contributed by atoms with E-state index in [2.05, 4.69) is 36.4 Å². The Balaban J connectivity index is 2.20. The molecule has 9 nitrogen and oxygen atoms in total. The molecule has 0 aliphatic rings. The zero-order chi connectivity index (χ0) is 12.3. The van der Waals surface area contributed by atoms with E-state index in [1.807, 2.05) is 6.92 Å². The molecule has 17 heavy (non-hydrogen) atoms. The third-order valence-electron chi connectivity index (χ3n) is 1.87. The summed E-state index contributed by atoms with van der Waals surface area (Å²) >= 11 is 0. The second kappa shape index (κ2) is 8.42. The molecular formula is C8H18N8O. The van der Waals surface area contributed by atoms with Crippen molar-refractivity contribution in [2.75, 3.05) is 19.8 Å². The van der Waals surface area contributed by atoms with Crippen LogP contribution >= 0.6 is 0 Å². The number of aliphatic imine (C=N–C) groups is 1. The number of guanidine groups is 1. The van der Waals surface area contributed by atoms with Gasteiger partial charge in [0.15, 0.2) is 5.82 Å². The van der Waals surface area contributed by atoms with Crippen LogP contribution in [0.5, 0.6) is 0 Å². The van der Waals surface area contributed by atoms with Crippen LogP contribution in [0.2, 0.25) is 0 Å². The van der Waals surface area contributed by atoms with Crippen molar-refractivity contribution in [3.05, 3.63) is 5.82 Å². The lowest BCUT2D eigenvalue weighted by Gasteiger charge is -2.08. The van der Waals surface area contributed by atoms with E-state index >= 15 is 0 Å². The van der Waals surface area contributed by atoms with Crippen molar-refractivity contribution in [1.29, 1.82) is 0 Å². The molecule has 0 aliphatic heterocycles. The molecule has 96 valence electrons. The van der Waals surface area contributed by atoms with Gasteiger partial charge in [-0.05, 0) is 13.3 Å². The third kappa shape index (κ3) is 5.78. The summed E-state index contributed by atoms with van der Waals surface area (Å²) in [5.74, 6) is 6.31. The Hall–Kier alpha value is -1.74. The summed E-state index contributed by atoms with van der Waals surface area (Å²) in [7, 11) is 0. The van der Waals surface area contributed by atoms with Crippen molar-refractivity contribution in [3.8, 4) is 0 Å². The standard InChI is InChI=1S/C8H18N8O/c1-2-17-5-3-4-10-8(12-9)11-6-7-13-15-16-14-7/h2-6,9H2,1H3,(H2,10,11,12)(H,13,14,15,16). The lowest BCUT2D eigenvalue weighted by Crippen LogP contribution is -2.42. The SMILES string of the molecule is CCOCCCNC(=NCc1nn[nH]n1)NN. The number of hydrogen-bond donors (Lipinski definition) is 4. The van der Waals surface area contributed by atoms with E-state index in [1.165, 1.54) is 0 Å². The molecule has 0 aliphatic carbocycles. The topological polar surface area (TPSA) is 126 Å². The number of tetrazole rings is 1. The molecule has 0 fully saturated rings. The minimum absolute atomic E-state index is 0.314. The van der Waals surface area contributed by atoms with Crippen LogP contribution in [0.1, 0.15) is 19.2 Å². The van der Waals surface area contributed by atoms with Crippen LogP contribution in [-0.2, 0) is 11.3 Å². The predicted molar refractivity (Wildman–Crippen MR) is 61.8 cm³/mol. The number of hydrogen-bond acceptors (Lipinski definition) is 6. The molecule has 0 atom stereocenters. The fourth-order valence-corrected chi connectivity index (χ4v) is 1.08. The van der Waals surface area contributed by atoms with E-state index in [0.29, 0.717) is 24.9 Å². The zero-order valence-corrected chi connectivity index (χ0v) is 9.81. The third-order valence-corrected chi connectivity index (χ3v) is 1.87. The second-order valence-electron chi connectivity index (χ2n) is 3.11. The van der Waals surface area contributed by atoms with Gasteiger partial charge in [0.2, 0.25) is 5.96 Å². The van der Waals surface area contributed by atoms with E-state index in [0.717, 1.165) is 19.6 Å². The van der Waals surface area contributed by atoms with Crippen LogP contribution < -0.4 is 16.6 Å². The highest BCUT2D eigenvalue weighted by atomic mass is 16.5. The fraction of sp³-hybridized carbons (Fsp3) is 0.750. The number of nitrogens with one attached hydrogen (secondary N) is 3. The number of H-pyrrole nitrogens is 1. The largest absolute Gasteiger partial charge is 0.382 e. The van der Waals surface area contributed by atoms with E-state index in [-0.39, 0.29) is 0 Å². The Labute approximate surface area is 99.2 Å². The molecule has 0 saturated heterocycles. The van der Waals surface area contributed by atoms with Crippen molar-refractivity contribution in [1.82, 2.24) is 31.4 Å². The van der Waals surface area contributed by atoms with Gasteiger partial charge in [-0.15, -0.1) is 10.2 Å². The quantitative estimate of drug-likeness (QED) is 0.151. The summed E-state index contributed by atoms with van der Waals surface area (Å²) in [6, 6.07) is 0. The van der Waals surface area contributed by atoms with E-state index in [4.69, 9.17) is 10.6 Å². The molecule has 0 saturated carbocycles. The molecule has 0 bridgehead atoms. The van der Waals surface area contributed by atoms with Crippen LogP contribution in [0.15, 0.2) is 4.99 Å². The monoisotopic (exact) mass is 242 g/mol. The minimum Gasteiger partial charge on any atom is -0.382 e. The highest BCUT2D eigenvalue weighted by molar-refractivity contribution is 5.79. The smallest absolute Gasteiger partial charge is 0.206 e. The van der Waals surface area contributed by atoms with Crippen molar-refractivity contribution >= 4 is 5.96 Å². The van der Waals surface area contributed by atoms with Gasteiger partial charge in [0.25, 0.3) is 0 Å². The molecule has 0 spiro atoms. The summed E-state index contributed by atoms with van der Waals surface area (Å²) < 4.78 is 5.20. The van der Waals surface area contributed by atoms with Gasteiger partial charge in [0.1, 0.15) is 6.54 Å². The van der Waals surface area contributed by atoms with Crippen LogP contribution in [0.25, 0.3) is 0 Å². The molecule has 1 aromatic heterocycles. The van der Waals surface area contributed by atoms with Gasteiger partial charge >= 0.3 is 0 Å². The number of nitrogens with two attached hydrogens (primary N) is 1. The van der Waals surface area contributed by atoms with Crippen molar-refractivity contribution in [2.24, 2.45) is 10.8 Å². The van der Waals surface area contributed by atoms with Crippen molar-refractivity contribution in [2.45, 2.75) is 19.9 Å². The Morgan fingerprint density at radius 1 is 1.59 bits per heavy atom. The van der Waals surface area contributed by atoms with Crippen LogP contribution in [0.3, 0.4) is 0 Å². The lowest BCUT2D eigenvalue weighted by molar-refractivity contribution is 0.145. The Morgan fingerprint density at radius 3 is 3.12 bits per heavy atom. The number of rotatable bonds is 7. The Bertz CT molecular complexity index is 311. The maximum atomic E-state index is 5.31. The normalized spacial score (nSPS) is 11.5. The van der Waals surface area contributed by atoms with Crippen LogP contribution in [0, 0.1) is 0 Å². The first kappa shape index (κ1) is 13.3. The Morgan fingerprint density at radius 2 is 2.47 bits per heavy atom. The van der Waals surface area contributed by atoms with Gasteiger partial charge in [0.05, 0.1) is 0 Å². The molecule has 5 N–H and O–H groups in total. The highest BCUT2D eigenvalue weighted by Crippen LogP contribution is 1.87. The molecular weight excluding hydrogens is 224 g/mol. The average molecular weight is 242 g/mol. The number of aromatic nitrogens is 4. The average Bonchev–Trinajstić information content (AvgIpc) is 2.86. The molecule has 9 heteroatoms. The van der Waals surface area contributed by atoms with E-state index in [1.54, 1.807) is 0 Å². The van der Waals surface area contributed by atoms with Crippen LogP contribution in [0.4, 0.5) is 0 Å². The summed E-state index contributed by atoms with van der Waals surface area (Å²) in [4.78, 5) is 4.15. The molecule has 0 radical (unpaired) electrons. The predicted octanol–water partition coefficient (Wildman–Crippen LogP) is -1.46. The van der Waals surface area contributed by atoms with Gasteiger partial charge < -0.3 is 10.1 Å². The van der Waals surface area contributed by atoms with Crippen molar-refractivity contribution in [3.63, 3.8) is 0 Å². The minimum atomic E-state index is 0.314. The van der Waals surface area contributed by atoms with Gasteiger partial charge in [-0.3, -0.25) is 5.43 Å². The zero-order valence-electron chi connectivity index (χ0n) is 9.81. The molecule has 1 heterocycles.